The third kappa shape index (κ3) is 2.73. The maximum Gasteiger partial charge on any atom is 0.293 e. The van der Waals surface area contributed by atoms with E-state index in [4.69, 9.17) is 0 Å². The van der Waals surface area contributed by atoms with Crippen LogP contribution >= 0.6 is 0 Å². The predicted octanol–water partition coefficient (Wildman–Crippen LogP) is 0.354. The summed E-state index contributed by atoms with van der Waals surface area (Å²) in [7, 11) is 3.43. The van der Waals surface area contributed by atoms with Gasteiger partial charge in [-0.05, 0) is 18.2 Å². The van der Waals surface area contributed by atoms with Crippen molar-refractivity contribution in [2.75, 3.05) is 36.0 Å². The summed E-state index contributed by atoms with van der Waals surface area (Å²) in [5, 5.41) is 0.620. The smallest absolute Gasteiger partial charge is 0.293 e. The van der Waals surface area contributed by atoms with Crippen LogP contribution in [0.3, 0.4) is 0 Å². The van der Waals surface area contributed by atoms with Gasteiger partial charge in [-0.15, -0.1) is 0 Å². The van der Waals surface area contributed by atoms with Crippen LogP contribution in [0.25, 0.3) is 10.9 Å². The third-order valence-corrected chi connectivity index (χ3v) is 4.85. The van der Waals surface area contributed by atoms with E-state index in [0.717, 1.165) is 18.8 Å². The fraction of sp³-hybridized carbons (Fsp3) is 0.333. The summed E-state index contributed by atoms with van der Waals surface area (Å²) in [6.07, 6.45) is 4.86. The van der Waals surface area contributed by atoms with Gasteiger partial charge in [-0.1, -0.05) is 0 Å². The van der Waals surface area contributed by atoms with E-state index in [1.807, 2.05) is 23.1 Å². The highest BCUT2D eigenvalue weighted by molar-refractivity contribution is 5.81. The average molecular weight is 352 g/mol. The molecular formula is C18H20N6O2. The molecular weight excluding hydrogens is 332 g/mol. The van der Waals surface area contributed by atoms with Gasteiger partial charge in [-0.25, -0.2) is 9.97 Å². The molecule has 0 radical (unpaired) electrons. The highest BCUT2D eigenvalue weighted by Gasteiger charge is 2.21. The van der Waals surface area contributed by atoms with Crippen LogP contribution in [0.2, 0.25) is 0 Å². The third-order valence-electron chi connectivity index (χ3n) is 4.85. The molecule has 1 saturated heterocycles. The lowest BCUT2D eigenvalue weighted by Gasteiger charge is -2.36. The Hall–Kier alpha value is -3.16. The summed E-state index contributed by atoms with van der Waals surface area (Å²) in [5.41, 5.74) is 1.61. The van der Waals surface area contributed by atoms with E-state index in [1.165, 1.54) is 4.57 Å². The minimum Gasteiger partial charge on any atom is -0.368 e. The molecule has 8 heteroatoms. The monoisotopic (exact) mass is 352 g/mol. The number of benzene rings is 1. The SMILES string of the molecule is Cn1ccnc(N2CCN(c3ccc4c(=O)n(C)cnc4c3)CC2)c1=O. The minimum atomic E-state index is -0.0771. The summed E-state index contributed by atoms with van der Waals surface area (Å²) in [6.45, 7) is 2.98. The molecule has 8 nitrogen and oxygen atoms in total. The van der Waals surface area contributed by atoms with E-state index in [0.29, 0.717) is 29.8 Å². The zero-order valence-electron chi connectivity index (χ0n) is 14.8. The molecule has 0 spiro atoms. The quantitative estimate of drug-likeness (QED) is 0.663. The van der Waals surface area contributed by atoms with Crippen LogP contribution < -0.4 is 20.9 Å². The predicted molar refractivity (Wildman–Crippen MR) is 101 cm³/mol. The number of hydrogen-bond acceptors (Lipinski definition) is 6. The van der Waals surface area contributed by atoms with Crippen molar-refractivity contribution in [3.8, 4) is 0 Å². The zero-order valence-corrected chi connectivity index (χ0v) is 14.8. The standard InChI is InChI=1S/C18H20N6O2/c1-21-6-5-19-16(18(21)26)24-9-7-23(8-10-24)13-3-4-14-15(11-13)20-12-22(2)17(14)25/h3-6,11-12H,7-10H2,1-2H3. The van der Waals surface area contributed by atoms with Crippen molar-refractivity contribution in [1.82, 2.24) is 19.1 Å². The van der Waals surface area contributed by atoms with Gasteiger partial charge in [-0.3, -0.25) is 9.59 Å². The normalized spacial score (nSPS) is 14.8. The number of rotatable bonds is 2. The molecule has 0 saturated carbocycles. The van der Waals surface area contributed by atoms with Crippen LogP contribution in [0.15, 0.2) is 46.5 Å². The molecule has 1 aliphatic heterocycles. The van der Waals surface area contributed by atoms with Crippen molar-refractivity contribution in [2.45, 2.75) is 0 Å². The molecule has 2 aromatic heterocycles. The van der Waals surface area contributed by atoms with Gasteiger partial charge in [0.05, 0.1) is 17.2 Å². The summed E-state index contributed by atoms with van der Waals surface area (Å²) in [4.78, 5) is 37.2. The highest BCUT2D eigenvalue weighted by atomic mass is 16.1. The van der Waals surface area contributed by atoms with Crippen molar-refractivity contribution in [3.05, 3.63) is 57.6 Å². The number of fused-ring (bicyclic) bond motifs is 1. The molecule has 1 aliphatic rings. The fourth-order valence-electron chi connectivity index (χ4n) is 3.27. The second-order valence-corrected chi connectivity index (χ2v) is 6.50. The lowest BCUT2D eigenvalue weighted by molar-refractivity contribution is 0.639. The van der Waals surface area contributed by atoms with Gasteiger partial charge in [0.1, 0.15) is 0 Å². The van der Waals surface area contributed by atoms with Crippen molar-refractivity contribution in [3.63, 3.8) is 0 Å². The van der Waals surface area contributed by atoms with Crippen molar-refractivity contribution in [1.29, 1.82) is 0 Å². The Labute approximate surface area is 149 Å². The van der Waals surface area contributed by atoms with Gasteiger partial charge in [-0.2, -0.15) is 0 Å². The summed E-state index contributed by atoms with van der Waals surface area (Å²) >= 11 is 0. The van der Waals surface area contributed by atoms with Crippen molar-refractivity contribution < 1.29 is 0 Å². The molecule has 134 valence electrons. The number of hydrogen-bond donors (Lipinski definition) is 0. The molecule has 4 rings (SSSR count). The first-order valence-electron chi connectivity index (χ1n) is 8.51. The molecule has 3 aromatic rings. The molecule has 1 fully saturated rings. The molecule has 0 aliphatic carbocycles. The number of aryl methyl sites for hydroxylation is 2. The number of nitrogens with zero attached hydrogens (tertiary/aromatic N) is 6. The Bertz CT molecular complexity index is 1080. The average Bonchev–Trinajstić information content (AvgIpc) is 2.67. The summed E-state index contributed by atoms with van der Waals surface area (Å²) < 4.78 is 3.03. The Morgan fingerprint density at radius 1 is 0.885 bits per heavy atom. The van der Waals surface area contributed by atoms with Crippen LogP contribution in [-0.4, -0.2) is 45.3 Å². The Morgan fingerprint density at radius 3 is 2.38 bits per heavy atom. The molecule has 0 unspecified atom stereocenters. The molecule has 0 atom stereocenters. The summed E-state index contributed by atoms with van der Waals surface area (Å²) in [5.74, 6) is 0.498. The second-order valence-electron chi connectivity index (χ2n) is 6.50. The van der Waals surface area contributed by atoms with Crippen LogP contribution in [-0.2, 0) is 14.1 Å². The maximum absolute atomic E-state index is 12.2. The number of aromatic nitrogens is 4. The van der Waals surface area contributed by atoms with Crippen LogP contribution in [0.5, 0.6) is 0 Å². The van der Waals surface area contributed by atoms with E-state index in [-0.39, 0.29) is 11.1 Å². The first-order valence-corrected chi connectivity index (χ1v) is 8.51. The minimum absolute atomic E-state index is 0.0441. The van der Waals surface area contributed by atoms with Crippen LogP contribution in [0.1, 0.15) is 0 Å². The Morgan fingerprint density at radius 2 is 1.62 bits per heavy atom. The first-order chi connectivity index (χ1) is 12.5. The van der Waals surface area contributed by atoms with Gasteiger partial charge in [0, 0.05) is 58.4 Å². The van der Waals surface area contributed by atoms with E-state index in [2.05, 4.69) is 14.9 Å². The molecule has 1 aromatic carbocycles. The molecule has 0 bridgehead atoms. The van der Waals surface area contributed by atoms with E-state index in [9.17, 15) is 9.59 Å². The van der Waals surface area contributed by atoms with Gasteiger partial charge >= 0.3 is 0 Å². The maximum atomic E-state index is 12.2. The first kappa shape index (κ1) is 16.3. The van der Waals surface area contributed by atoms with Gasteiger partial charge in [0.15, 0.2) is 5.82 Å². The lowest BCUT2D eigenvalue weighted by Crippen LogP contribution is -2.48. The van der Waals surface area contributed by atoms with Crippen LogP contribution in [0.4, 0.5) is 11.5 Å². The van der Waals surface area contributed by atoms with Crippen molar-refractivity contribution >= 4 is 22.4 Å². The number of piperazine rings is 1. The zero-order chi connectivity index (χ0) is 18.3. The lowest BCUT2D eigenvalue weighted by atomic mass is 10.2. The molecule has 3 heterocycles. The van der Waals surface area contributed by atoms with E-state index in [1.54, 1.807) is 37.4 Å². The Kier molecular flexibility index (Phi) is 3.95. The Balaban J connectivity index is 1.56. The van der Waals surface area contributed by atoms with E-state index >= 15 is 0 Å². The fourth-order valence-corrected chi connectivity index (χ4v) is 3.27. The molecule has 0 amide bonds. The summed E-state index contributed by atoms with van der Waals surface area (Å²) in [6, 6.07) is 5.74. The molecule has 26 heavy (non-hydrogen) atoms. The highest BCUT2D eigenvalue weighted by Crippen LogP contribution is 2.21. The number of anilines is 2. The van der Waals surface area contributed by atoms with Gasteiger partial charge in [0.25, 0.3) is 11.1 Å². The largest absolute Gasteiger partial charge is 0.368 e. The van der Waals surface area contributed by atoms with E-state index < -0.39 is 0 Å². The molecule has 0 N–H and O–H groups in total. The van der Waals surface area contributed by atoms with Crippen LogP contribution in [0, 0.1) is 0 Å². The second kappa shape index (κ2) is 6.29. The topological polar surface area (TPSA) is 76.3 Å². The van der Waals surface area contributed by atoms with Crippen molar-refractivity contribution in [2.24, 2.45) is 14.1 Å². The van der Waals surface area contributed by atoms with Gasteiger partial charge in [0.2, 0.25) is 0 Å². The van der Waals surface area contributed by atoms with Gasteiger partial charge < -0.3 is 18.9 Å².